The third-order valence-corrected chi connectivity index (χ3v) is 3.52. The molecule has 17 heavy (non-hydrogen) atoms. The van der Waals surface area contributed by atoms with Crippen molar-refractivity contribution in [3.05, 3.63) is 23.9 Å². The molecule has 1 aliphatic heterocycles. The van der Waals surface area contributed by atoms with Crippen LogP contribution in [0.1, 0.15) is 30.6 Å². The highest BCUT2D eigenvalue weighted by atomic mass is 16.3. The molecule has 1 fully saturated rings. The van der Waals surface area contributed by atoms with Crippen LogP contribution in [0.3, 0.4) is 0 Å². The van der Waals surface area contributed by atoms with Gasteiger partial charge in [-0.1, -0.05) is 6.92 Å². The van der Waals surface area contributed by atoms with Crippen LogP contribution >= 0.6 is 0 Å². The first kappa shape index (κ1) is 12.0. The van der Waals surface area contributed by atoms with Gasteiger partial charge < -0.3 is 10.0 Å². The summed E-state index contributed by atoms with van der Waals surface area (Å²) in [5.74, 6) is 1.35. The first-order valence-electron chi connectivity index (χ1n) is 5.98. The zero-order valence-electron chi connectivity index (χ0n) is 10.3. The van der Waals surface area contributed by atoms with Crippen LogP contribution in [-0.4, -0.2) is 35.1 Å². The molecule has 1 saturated heterocycles. The molecule has 0 aliphatic carbocycles. The SMILES string of the molecule is CC(=O)c1ccc(N2CCC(C)C2CO)nc1. The molecule has 4 heteroatoms. The number of carbonyl (C=O) groups is 1. The molecule has 92 valence electrons. The Labute approximate surface area is 101 Å². The van der Waals surface area contributed by atoms with Gasteiger partial charge in [-0.3, -0.25) is 4.79 Å². The van der Waals surface area contributed by atoms with E-state index in [1.807, 2.05) is 6.07 Å². The number of rotatable bonds is 3. The van der Waals surface area contributed by atoms with Gasteiger partial charge in [-0.2, -0.15) is 0 Å². The quantitative estimate of drug-likeness (QED) is 0.805. The minimum absolute atomic E-state index is 0.0255. The van der Waals surface area contributed by atoms with Crippen LogP contribution < -0.4 is 4.90 Å². The van der Waals surface area contributed by atoms with Gasteiger partial charge in [-0.25, -0.2) is 4.98 Å². The molecule has 2 atom stereocenters. The number of ketones is 1. The summed E-state index contributed by atoms with van der Waals surface area (Å²) < 4.78 is 0. The van der Waals surface area contributed by atoms with E-state index >= 15 is 0 Å². The number of aliphatic hydroxyl groups is 1. The zero-order chi connectivity index (χ0) is 12.4. The van der Waals surface area contributed by atoms with Crippen molar-refractivity contribution in [2.75, 3.05) is 18.1 Å². The molecule has 4 nitrogen and oxygen atoms in total. The fourth-order valence-electron chi connectivity index (χ4n) is 2.34. The lowest BCUT2D eigenvalue weighted by Crippen LogP contribution is -2.35. The van der Waals surface area contributed by atoms with Gasteiger partial charge in [0.1, 0.15) is 5.82 Å². The largest absolute Gasteiger partial charge is 0.394 e. The van der Waals surface area contributed by atoms with E-state index in [0.29, 0.717) is 11.5 Å². The molecule has 0 aromatic carbocycles. The number of nitrogens with zero attached hydrogens (tertiary/aromatic N) is 2. The maximum atomic E-state index is 11.2. The number of carbonyl (C=O) groups excluding carboxylic acids is 1. The van der Waals surface area contributed by atoms with Crippen LogP contribution in [0.25, 0.3) is 0 Å². The Morgan fingerprint density at radius 1 is 1.59 bits per heavy atom. The van der Waals surface area contributed by atoms with E-state index in [-0.39, 0.29) is 18.4 Å². The normalized spacial score (nSPS) is 24.1. The van der Waals surface area contributed by atoms with Crippen LogP contribution in [0.2, 0.25) is 0 Å². The molecule has 1 aliphatic rings. The van der Waals surface area contributed by atoms with Crippen molar-refractivity contribution in [1.29, 1.82) is 0 Å². The molecular formula is C13H18N2O2. The highest BCUT2D eigenvalue weighted by molar-refractivity contribution is 5.93. The Hall–Kier alpha value is -1.42. The molecule has 2 heterocycles. The summed E-state index contributed by atoms with van der Waals surface area (Å²) in [6.45, 7) is 4.74. The second kappa shape index (κ2) is 4.84. The van der Waals surface area contributed by atoms with Gasteiger partial charge >= 0.3 is 0 Å². The molecule has 1 aromatic rings. The van der Waals surface area contributed by atoms with Gasteiger partial charge in [0, 0.05) is 18.3 Å². The zero-order valence-corrected chi connectivity index (χ0v) is 10.3. The molecule has 0 amide bonds. The molecule has 0 spiro atoms. The Bertz CT molecular complexity index is 402. The second-order valence-electron chi connectivity index (χ2n) is 4.67. The fraction of sp³-hybridized carbons (Fsp3) is 0.538. The van der Waals surface area contributed by atoms with Crippen molar-refractivity contribution >= 4 is 11.6 Å². The second-order valence-corrected chi connectivity index (χ2v) is 4.67. The average Bonchev–Trinajstić information content (AvgIpc) is 2.70. The number of aromatic nitrogens is 1. The topological polar surface area (TPSA) is 53.4 Å². The smallest absolute Gasteiger partial charge is 0.161 e. The molecule has 0 bridgehead atoms. The Morgan fingerprint density at radius 2 is 2.35 bits per heavy atom. The lowest BCUT2D eigenvalue weighted by molar-refractivity contribution is 0.101. The summed E-state index contributed by atoms with van der Waals surface area (Å²) >= 11 is 0. The standard InChI is InChI=1S/C13H18N2O2/c1-9-5-6-15(12(9)8-16)13-4-3-11(7-14-13)10(2)17/h3-4,7,9,12,16H,5-6,8H2,1-2H3. The van der Waals surface area contributed by atoms with E-state index in [1.54, 1.807) is 12.3 Å². The molecule has 2 rings (SSSR count). The van der Waals surface area contributed by atoms with Gasteiger partial charge in [0.2, 0.25) is 0 Å². The van der Waals surface area contributed by atoms with Crippen LogP contribution in [0.15, 0.2) is 18.3 Å². The van der Waals surface area contributed by atoms with Crippen molar-refractivity contribution in [1.82, 2.24) is 4.98 Å². The van der Waals surface area contributed by atoms with Gasteiger partial charge in [0.25, 0.3) is 0 Å². The van der Waals surface area contributed by atoms with E-state index in [2.05, 4.69) is 16.8 Å². The van der Waals surface area contributed by atoms with Crippen LogP contribution in [0, 0.1) is 5.92 Å². The molecule has 2 unspecified atom stereocenters. The number of Topliss-reactive ketones (excluding diaryl/α,β-unsaturated/α-hetero) is 1. The minimum atomic E-state index is 0.0255. The molecule has 0 saturated carbocycles. The summed E-state index contributed by atoms with van der Waals surface area (Å²) in [7, 11) is 0. The maximum absolute atomic E-state index is 11.2. The van der Waals surface area contributed by atoms with E-state index in [9.17, 15) is 9.90 Å². The summed E-state index contributed by atoms with van der Waals surface area (Å²) in [5, 5.41) is 9.39. The molecule has 1 N–H and O–H groups in total. The molecule has 0 radical (unpaired) electrons. The highest BCUT2D eigenvalue weighted by Gasteiger charge is 2.31. The van der Waals surface area contributed by atoms with Crippen molar-refractivity contribution in [2.45, 2.75) is 26.3 Å². The maximum Gasteiger partial charge on any atom is 0.161 e. The van der Waals surface area contributed by atoms with Crippen molar-refractivity contribution in [3.8, 4) is 0 Å². The fourth-order valence-corrected chi connectivity index (χ4v) is 2.34. The van der Waals surface area contributed by atoms with E-state index in [4.69, 9.17) is 0 Å². The van der Waals surface area contributed by atoms with E-state index in [1.165, 1.54) is 6.92 Å². The van der Waals surface area contributed by atoms with Gasteiger partial charge in [-0.15, -0.1) is 0 Å². The Kier molecular flexibility index (Phi) is 3.43. The average molecular weight is 234 g/mol. The summed E-state index contributed by atoms with van der Waals surface area (Å²) in [6.07, 6.45) is 2.68. The van der Waals surface area contributed by atoms with E-state index < -0.39 is 0 Å². The molecular weight excluding hydrogens is 216 g/mol. The first-order chi connectivity index (χ1) is 8.13. The van der Waals surface area contributed by atoms with Gasteiger partial charge in [0.15, 0.2) is 5.78 Å². The Morgan fingerprint density at radius 3 is 2.88 bits per heavy atom. The third kappa shape index (κ3) is 2.31. The Balaban J connectivity index is 2.20. The number of pyridine rings is 1. The first-order valence-corrected chi connectivity index (χ1v) is 5.98. The number of aliphatic hydroxyl groups excluding tert-OH is 1. The predicted octanol–water partition coefficient (Wildman–Crippen LogP) is 1.49. The lowest BCUT2D eigenvalue weighted by atomic mass is 10.0. The van der Waals surface area contributed by atoms with Crippen molar-refractivity contribution in [3.63, 3.8) is 0 Å². The van der Waals surface area contributed by atoms with E-state index in [0.717, 1.165) is 18.8 Å². The summed E-state index contributed by atoms with van der Waals surface area (Å²) in [6, 6.07) is 3.80. The van der Waals surface area contributed by atoms with Crippen LogP contribution in [0.4, 0.5) is 5.82 Å². The number of hydrogen-bond acceptors (Lipinski definition) is 4. The monoisotopic (exact) mass is 234 g/mol. The van der Waals surface area contributed by atoms with Gasteiger partial charge in [0.05, 0.1) is 12.6 Å². The predicted molar refractivity (Wildman–Crippen MR) is 66.2 cm³/mol. The molecule has 1 aromatic heterocycles. The third-order valence-electron chi connectivity index (χ3n) is 3.52. The van der Waals surface area contributed by atoms with Crippen molar-refractivity contribution < 1.29 is 9.90 Å². The van der Waals surface area contributed by atoms with Crippen LogP contribution in [-0.2, 0) is 0 Å². The number of anilines is 1. The summed E-state index contributed by atoms with van der Waals surface area (Å²) in [5.41, 5.74) is 0.626. The van der Waals surface area contributed by atoms with Gasteiger partial charge in [-0.05, 0) is 31.4 Å². The minimum Gasteiger partial charge on any atom is -0.394 e. The van der Waals surface area contributed by atoms with Crippen LogP contribution in [0.5, 0.6) is 0 Å². The lowest BCUT2D eigenvalue weighted by Gasteiger charge is -2.26. The number of hydrogen-bond donors (Lipinski definition) is 1. The van der Waals surface area contributed by atoms with Crippen molar-refractivity contribution in [2.24, 2.45) is 5.92 Å². The summed E-state index contributed by atoms with van der Waals surface area (Å²) in [4.78, 5) is 17.6. The highest BCUT2D eigenvalue weighted by Crippen LogP contribution is 2.27.